The van der Waals surface area contributed by atoms with Gasteiger partial charge in [0.15, 0.2) is 11.5 Å². The SMILES string of the molecule is COc1cc(/C=C2/C(=N)N3C(=NC2=O)SN=C3S(=O)(=O)CC(C)C)cc(OC)c1OC. The molecule has 31 heavy (non-hydrogen) atoms. The number of aliphatic imine (C=N–C) groups is 1. The van der Waals surface area contributed by atoms with Gasteiger partial charge in [0.05, 0.1) is 44.6 Å². The number of ether oxygens (including phenoxy) is 3. The van der Waals surface area contributed by atoms with Crippen molar-refractivity contribution in [2.24, 2.45) is 15.3 Å². The van der Waals surface area contributed by atoms with Crippen LogP contribution in [0.5, 0.6) is 17.2 Å². The van der Waals surface area contributed by atoms with Crippen LogP contribution in [0, 0.1) is 11.3 Å². The fourth-order valence-corrected chi connectivity index (χ4v) is 5.80. The number of methoxy groups -OCH3 is 3. The topological polar surface area (TPSA) is 131 Å². The molecule has 0 radical (unpaired) electrons. The fraction of sp³-hybridized carbons (Fsp3) is 0.368. The summed E-state index contributed by atoms with van der Waals surface area (Å²) in [6.07, 6.45) is 1.42. The third-order valence-electron chi connectivity index (χ3n) is 4.32. The smallest absolute Gasteiger partial charge is 0.283 e. The van der Waals surface area contributed by atoms with Crippen LogP contribution in [0.2, 0.25) is 0 Å². The average Bonchev–Trinajstić information content (AvgIpc) is 3.14. The molecule has 0 atom stereocenters. The van der Waals surface area contributed by atoms with Gasteiger partial charge in [0.2, 0.25) is 25.9 Å². The standard InChI is InChI=1S/C19H22N4O6S2/c1-10(2)9-31(25,26)19-22-30-18-21-17(24)12(16(20)23(18)19)6-11-7-13(27-3)15(29-5)14(8-11)28-4/h6-8,10,20H,9H2,1-5H3/b12-6-,20-16?. The maximum atomic E-state index is 12.7. The quantitative estimate of drug-likeness (QED) is 0.499. The number of amides is 1. The third kappa shape index (κ3) is 4.30. The summed E-state index contributed by atoms with van der Waals surface area (Å²) in [7, 11) is 0.624. The van der Waals surface area contributed by atoms with E-state index in [9.17, 15) is 13.2 Å². The van der Waals surface area contributed by atoms with E-state index < -0.39 is 15.7 Å². The summed E-state index contributed by atoms with van der Waals surface area (Å²) in [6, 6.07) is 3.22. The summed E-state index contributed by atoms with van der Waals surface area (Å²) >= 11 is 0.761. The summed E-state index contributed by atoms with van der Waals surface area (Å²) in [4.78, 5) is 17.6. The van der Waals surface area contributed by atoms with Gasteiger partial charge in [-0.05, 0) is 29.7 Å². The first-order valence-electron chi connectivity index (χ1n) is 9.14. The highest BCUT2D eigenvalue weighted by Crippen LogP contribution is 2.39. The van der Waals surface area contributed by atoms with E-state index in [-0.39, 0.29) is 33.4 Å². The summed E-state index contributed by atoms with van der Waals surface area (Å²) in [5.74, 6) is -0.146. The zero-order valence-electron chi connectivity index (χ0n) is 17.6. The van der Waals surface area contributed by atoms with Gasteiger partial charge in [0, 0.05) is 0 Å². The first-order valence-corrected chi connectivity index (χ1v) is 11.6. The van der Waals surface area contributed by atoms with Crippen molar-refractivity contribution >= 4 is 49.9 Å². The van der Waals surface area contributed by atoms with E-state index in [1.54, 1.807) is 26.0 Å². The molecule has 2 aliphatic heterocycles. The first-order chi connectivity index (χ1) is 14.6. The van der Waals surface area contributed by atoms with Gasteiger partial charge in [0.25, 0.3) is 5.91 Å². The van der Waals surface area contributed by atoms with Gasteiger partial charge in [-0.1, -0.05) is 13.8 Å². The number of sulfone groups is 1. The van der Waals surface area contributed by atoms with Gasteiger partial charge < -0.3 is 14.2 Å². The van der Waals surface area contributed by atoms with E-state index in [0.717, 1.165) is 16.8 Å². The Bertz CT molecular complexity index is 1110. The van der Waals surface area contributed by atoms with Gasteiger partial charge in [-0.3, -0.25) is 10.2 Å². The van der Waals surface area contributed by atoms with Crippen LogP contribution < -0.4 is 14.2 Å². The second-order valence-electron chi connectivity index (χ2n) is 7.04. The normalized spacial score (nSPS) is 17.6. The van der Waals surface area contributed by atoms with Crippen molar-refractivity contribution < 1.29 is 27.4 Å². The van der Waals surface area contributed by atoms with Gasteiger partial charge in [0.1, 0.15) is 5.84 Å². The van der Waals surface area contributed by atoms with Gasteiger partial charge in [-0.25, -0.2) is 13.3 Å². The molecule has 3 rings (SSSR count). The van der Waals surface area contributed by atoms with Crippen molar-refractivity contribution in [3.05, 3.63) is 23.3 Å². The summed E-state index contributed by atoms with van der Waals surface area (Å²) in [6.45, 7) is 3.55. The van der Waals surface area contributed by atoms with Crippen LogP contribution in [-0.2, 0) is 14.6 Å². The highest BCUT2D eigenvalue weighted by molar-refractivity contribution is 8.16. The van der Waals surface area contributed by atoms with Crippen molar-refractivity contribution in [3.63, 3.8) is 0 Å². The molecule has 1 N–H and O–H groups in total. The second-order valence-corrected chi connectivity index (χ2v) is 9.70. The van der Waals surface area contributed by atoms with E-state index in [4.69, 9.17) is 19.6 Å². The van der Waals surface area contributed by atoms with Crippen molar-refractivity contribution in [2.75, 3.05) is 27.1 Å². The van der Waals surface area contributed by atoms with Gasteiger partial charge in [-0.2, -0.15) is 9.39 Å². The number of amidine groups is 3. The molecule has 10 nitrogen and oxygen atoms in total. The molecule has 0 spiro atoms. The van der Waals surface area contributed by atoms with E-state index >= 15 is 0 Å². The number of nitrogens with zero attached hydrogens (tertiary/aromatic N) is 3. The largest absolute Gasteiger partial charge is 0.493 e. The molecule has 0 aliphatic carbocycles. The van der Waals surface area contributed by atoms with Crippen molar-refractivity contribution in [2.45, 2.75) is 13.8 Å². The molecule has 0 fully saturated rings. The summed E-state index contributed by atoms with van der Waals surface area (Å²) < 4.78 is 45.4. The van der Waals surface area contributed by atoms with Crippen LogP contribution in [0.25, 0.3) is 6.08 Å². The number of nitrogens with one attached hydrogen (secondary N) is 1. The maximum absolute atomic E-state index is 12.7. The molecule has 0 saturated carbocycles. The van der Waals surface area contributed by atoms with Crippen molar-refractivity contribution in [1.29, 1.82) is 5.41 Å². The lowest BCUT2D eigenvalue weighted by molar-refractivity contribution is -0.114. The molecule has 0 unspecified atom stereocenters. The predicted molar refractivity (Wildman–Crippen MR) is 120 cm³/mol. The number of rotatable bonds is 6. The number of benzene rings is 1. The Morgan fingerprint density at radius 3 is 2.29 bits per heavy atom. The zero-order chi connectivity index (χ0) is 22.9. The number of hydrogen-bond donors (Lipinski definition) is 1. The molecule has 2 aliphatic rings. The Morgan fingerprint density at radius 1 is 1.16 bits per heavy atom. The molecule has 0 saturated heterocycles. The van der Waals surface area contributed by atoms with Gasteiger partial charge in [-0.15, -0.1) is 0 Å². The highest BCUT2D eigenvalue weighted by Gasteiger charge is 2.42. The van der Waals surface area contributed by atoms with Crippen LogP contribution in [0.4, 0.5) is 0 Å². The third-order valence-corrected chi connectivity index (χ3v) is 7.08. The molecule has 1 aromatic carbocycles. The molecule has 0 bridgehead atoms. The summed E-state index contributed by atoms with van der Waals surface area (Å²) in [5, 5.41) is 8.28. The Balaban J connectivity index is 2.05. The molecule has 1 amide bonds. The molecule has 2 heterocycles. The molecule has 1 aromatic rings. The highest BCUT2D eigenvalue weighted by atomic mass is 32.2. The van der Waals surface area contributed by atoms with Crippen LogP contribution in [0.15, 0.2) is 27.1 Å². The minimum atomic E-state index is -3.77. The van der Waals surface area contributed by atoms with Gasteiger partial charge >= 0.3 is 0 Å². The lowest BCUT2D eigenvalue weighted by atomic mass is 10.1. The predicted octanol–water partition coefficient (Wildman–Crippen LogP) is 2.36. The monoisotopic (exact) mass is 466 g/mol. The Hall–Kier alpha value is -2.86. The Labute approximate surface area is 184 Å². The number of hydrogen-bond acceptors (Lipinski definition) is 9. The van der Waals surface area contributed by atoms with Crippen LogP contribution in [-0.4, -0.2) is 62.5 Å². The number of carbonyl (C=O) groups is 1. The van der Waals surface area contributed by atoms with Crippen LogP contribution >= 0.6 is 11.9 Å². The van der Waals surface area contributed by atoms with Crippen LogP contribution in [0.3, 0.4) is 0 Å². The Kier molecular flexibility index (Phi) is 6.41. The van der Waals surface area contributed by atoms with Crippen molar-refractivity contribution in [1.82, 2.24) is 4.90 Å². The number of fused-ring (bicyclic) bond motifs is 1. The van der Waals surface area contributed by atoms with Crippen LogP contribution in [0.1, 0.15) is 19.4 Å². The minimum absolute atomic E-state index is 0.0411. The zero-order valence-corrected chi connectivity index (χ0v) is 19.3. The second kappa shape index (κ2) is 8.71. The van der Waals surface area contributed by atoms with E-state index in [0.29, 0.717) is 22.8 Å². The fourth-order valence-electron chi connectivity index (χ4n) is 3.06. The Morgan fingerprint density at radius 2 is 1.77 bits per heavy atom. The minimum Gasteiger partial charge on any atom is -0.493 e. The lowest BCUT2D eigenvalue weighted by Crippen LogP contribution is -2.46. The first kappa shape index (κ1) is 22.8. The van der Waals surface area contributed by atoms with E-state index in [1.807, 2.05) is 0 Å². The number of carbonyl (C=O) groups excluding carboxylic acids is 1. The maximum Gasteiger partial charge on any atom is 0.283 e. The summed E-state index contributed by atoms with van der Waals surface area (Å²) in [5.41, 5.74) is 0.393. The van der Waals surface area contributed by atoms with Crippen molar-refractivity contribution in [3.8, 4) is 17.2 Å². The molecule has 12 heteroatoms. The van der Waals surface area contributed by atoms with E-state index in [2.05, 4.69) is 9.39 Å². The molecule has 166 valence electrons. The van der Waals surface area contributed by atoms with E-state index in [1.165, 1.54) is 27.4 Å². The molecular weight excluding hydrogens is 444 g/mol. The molecular formula is C19H22N4O6S2. The average molecular weight is 467 g/mol. The molecule has 0 aromatic heterocycles. The lowest BCUT2D eigenvalue weighted by Gasteiger charge is -2.25.